The molecule has 126 valence electrons. The van der Waals surface area contributed by atoms with E-state index in [0.717, 1.165) is 4.90 Å². The van der Waals surface area contributed by atoms with Crippen molar-refractivity contribution in [2.45, 2.75) is 11.3 Å². The van der Waals surface area contributed by atoms with Crippen LogP contribution in [0.5, 0.6) is 0 Å². The van der Waals surface area contributed by atoms with E-state index in [0.29, 0.717) is 17.9 Å². The minimum Gasteiger partial charge on any atom is -0.336 e. The summed E-state index contributed by atoms with van der Waals surface area (Å²) in [6, 6.07) is 15.5. The zero-order chi connectivity index (χ0) is 17.4. The monoisotopic (exact) mass is 346 g/mol. The van der Waals surface area contributed by atoms with Crippen molar-refractivity contribution in [1.82, 2.24) is 4.90 Å². The minimum absolute atomic E-state index is 0.0641. The second-order valence-electron chi connectivity index (χ2n) is 5.22. The topological polar surface area (TPSA) is 49.4 Å². The number of amides is 2. The maximum Gasteiger partial charge on any atom is 0.243 e. The molecule has 2 aromatic rings. The van der Waals surface area contributed by atoms with Crippen LogP contribution in [0.15, 0.2) is 59.5 Å². The molecule has 2 rings (SSSR count). The van der Waals surface area contributed by atoms with Gasteiger partial charge in [0.1, 0.15) is 5.82 Å². The fourth-order valence-electron chi connectivity index (χ4n) is 2.03. The van der Waals surface area contributed by atoms with E-state index in [2.05, 4.69) is 5.32 Å². The van der Waals surface area contributed by atoms with Crippen LogP contribution in [0.3, 0.4) is 0 Å². The van der Waals surface area contributed by atoms with Crippen LogP contribution in [0, 0.1) is 5.82 Å². The normalized spacial score (nSPS) is 10.2. The Labute approximate surface area is 145 Å². The number of carbonyl (C=O) groups is 2. The molecule has 0 saturated carbocycles. The number of anilines is 1. The Balaban J connectivity index is 1.73. The molecule has 0 fully saturated rings. The van der Waals surface area contributed by atoms with Crippen LogP contribution >= 0.6 is 11.8 Å². The van der Waals surface area contributed by atoms with Crippen LogP contribution in [0.25, 0.3) is 0 Å². The van der Waals surface area contributed by atoms with Gasteiger partial charge in [-0.05, 0) is 30.3 Å². The van der Waals surface area contributed by atoms with Gasteiger partial charge < -0.3 is 10.2 Å². The van der Waals surface area contributed by atoms with E-state index in [1.807, 2.05) is 30.3 Å². The van der Waals surface area contributed by atoms with Gasteiger partial charge in [-0.2, -0.15) is 0 Å². The molecule has 0 aliphatic heterocycles. The molecule has 0 aliphatic carbocycles. The molecule has 6 heteroatoms. The molecular formula is C18H19FN2O2S. The van der Waals surface area contributed by atoms with Crippen molar-refractivity contribution in [3.05, 3.63) is 60.4 Å². The average Bonchev–Trinajstić information content (AvgIpc) is 2.55. The SMILES string of the molecule is CN(CC(=O)Nc1cccc(F)c1)C(=O)CCSc1ccccc1. The summed E-state index contributed by atoms with van der Waals surface area (Å²) in [6.07, 6.45) is 0.351. The summed E-state index contributed by atoms with van der Waals surface area (Å²) in [7, 11) is 1.58. The highest BCUT2D eigenvalue weighted by atomic mass is 32.2. The molecule has 0 bridgehead atoms. The lowest BCUT2D eigenvalue weighted by atomic mass is 10.3. The van der Waals surface area contributed by atoms with Gasteiger partial charge in [0.05, 0.1) is 6.54 Å². The predicted molar refractivity (Wildman–Crippen MR) is 94.4 cm³/mol. The smallest absolute Gasteiger partial charge is 0.243 e. The van der Waals surface area contributed by atoms with Crippen LogP contribution in [0.2, 0.25) is 0 Å². The van der Waals surface area contributed by atoms with Gasteiger partial charge in [0.2, 0.25) is 11.8 Å². The first kappa shape index (κ1) is 18.0. The Bertz CT molecular complexity index is 694. The zero-order valence-corrected chi connectivity index (χ0v) is 14.2. The van der Waals surface area contributed by atoms with Gasteiger partial charge in [-0.3, -0.25) is 9.59 Å². The molecule has 2 amide bonds. The summed E-state index contributed by atoms with van der Waals surface area (Å²) in [6.45, 7) is -0.0641. The van der Waals surface area contributed by atoms with Crippen molar-refractivity contribution in [2.75, 3.05) is 24.7 Å². The Morgan fingerprint density at radius 2 is 1.88 bits per heavy atom. The van der Waals surface area contributed by atoms with E-state index < -0.39 is 5.82 Å². The third-order valence-corrected chi connectivity index (χ3v) is 4.26. The van der Waals surface area contributed by atoms with Gasteiger partial charge in [0.25, 0.3) is 0 Å². The molecule has 4 nitrogen and oxygen atoms in total. The molecule has 0 spiro atoms. The Morgan fingerprint density at radius 1 is 1.12 bits per heavy atom. The number of benzene rings is 2. The lowest BCUT2D eigenvalue weighted by Gasteiger charge is -2.16. The molecule has 0 saturated heterocycles. The van der Waals surface area contributed by atoms with Gasteiger partial charge in [-0.1, -0.05) is 24.3 Å². The number of nitrogens with one attached hydrogen (secondary N) is 1. The van der Waals surface area contributed by atoms with Crippen molar-refractivity contribution in [3.63, 3.8) is 0 Å². The maximum absolute atomic E-state index is 13.1. The molecule has 0 atom stereocenters. The quantitative estimate of drug-likeness (QED) is 0.782. The third kappa shape index (κ3) is 6.04. The molecule has 2 aromatic carbocycles. The summed E-state index contributed by atoms with van der Waals surface area (Å²) in [5.74, 6) is -0.228. The fraction of sp³-hybridized carbons (Fsp3) is 0.222. The molecule has 0 aliphatic rings. The van der Waals surface area contributed by atoms with Crippen molar-refractivity contribution >= 4 is 29.3 Å². The summed E-state index contributed by atoms with van der Waals surface area (Å²) in [5, 5.41) is 2.57. The molecule has 24 heavy (non-hydrogen) atoms. The number of hydrogen-bond acceptors (Lipinski definition) is 3. The second-order valence-corrected chi connectivity index (χ2v) is 6.39. The predicted octanol–water partition coefficient (Wildman–Crippen LogP) is 3.41. The van der Waals surface area contributed by atoms with E-state index in [9.17, 15) is 14.0 Å². The van der Waals surface area contributed by atoms with E-state index in [4.69, 9.17) is 0 Å². The van der Waals surface area contributed by atoms with Gasteiger partial charge >= 0.3 is 0 Å². The Hall–Kier alpha value is -2.34. The highest BCUT2D eigenvalue weighted by Crippen LogP contribution is 2.18. The molecule has 1 N–H and O–H groups in total. The largest absolute Gasteiger partial charge is 0.336 e. The average molecular weight is 346 g/mol. The lowest BCUT2D eigenvalue weighted by molar-refractivity contribution is -0.132. The molecular weight excluding hydrogens is 327 g/mol. The van der Waals surface area contributed by atoms with Gasteiger partial charge in [0.15, 0.2) is 0 Å². The van der Waals surface area contributed by atoms with Crippen LogP contribution in [-0.4, -0.2) is 36.1 Å². The van der Waals surface area contributed by atoms with Crippen molar-refractivity contribution in [1.29, 1.82) is 0 Å². The van der Waals surface area contributed by atoms with E-state index in [1.54, 1.807) is 24.9 Å². The summed E-state index contributed by atoms with van der Waals surface area (Å²) in [5.41, 5.74) is 0.375. The highest BCUT2D eigenvalue weighted by molar-refractivity contribution is 7.99. The van der Waals surface area contributed by atoms with E-state index in [-0.39, 0.29) is 18.4 Å². The summed E-state index contributed by atoms with van der Waals surface area (Å²) >= 11 is 1.60. The van der Waals surface area contributed by atoms with Crippen LogP contribution < -0.4 is 5.32 Å². The molecule has 0 heterocycles. The van der Waals surface area contributed by atoms with Crippen LogP contribution in [-0.2, 0) is 9.59 Å². The van der Waals surface area contributed by atoms with Crippen LogP contribution in [0.1, 0.15) is 6.42 Å². The number of nitrogens with zero attached hydrogens (tertiary/aromatic N) is 1. The first-order valence-corrected chi connectivity index (χ1v) is 8.50. The second kappa shape index (κ2) is 9.08. The number of carbonyl (C=O) groups excluding carboxylic acids is 2. The number of likely N-dealkylation sites (N-methyl/N-ethyl adjacent to an activating group) is 1. The first-order chi connectivity index (χ1) is 11.5. The van der Waals surface area contributed by atoms with Gasteiger partial charge in [0, 0.05) is 29.8 Å². The number of rotatable bonds is 7. The van der Waals surface area contributed by atoms with Gasteiger partial charge in [-0.15, -0.1) is 11.8 Å². The maximum atomic E-state index is 13.1. The Morgan fingerprint density at radius 3 is 2.58 bits per heavy atom. The fourth-order valence-corrected chi connectivity index (χ4v) is 2.90. The number of thioether (sulfide) groups is 1. The highest BCUT2D eigenvalue weighted by Gasteiger charge is 2.13. The van der Waals surface area contributed by atoms with Crippen molar-refractivity contribution in [2.24, 2.45) is 0 Å². The molecule has 0 aromatic heterocycles. The standard InChI is InChI=1S/C18H19FN2O2S/c1-21(13-17(22)20-15-7-5-6-14(19)12-15)18(23)10-11-24-16-8-3-2-4-9-16/h2-9,12H,10-11,13H2,1H3,(H,20,22). The van der Waals surface area contributed by atoms with Crippen molar-refractivity contribution in [3.8, 4) is 0 Å². The zero-order valence-electron chi connectivity index (χ0n) is 13.4. The number of hydrogen-bond donors (Lipinski definition) is 1. The van der Waals surface area contributed by atoms with E-state index in [1.165, 1.54) is 23.1 Å². The lowest BCUT2D eigenvalue weighted by Crippen LogP contribution is -2.35. The summed E-state index contributed by atoms with van der Waals surface area (Å²) < 4.78 is 13.1. The van der Waals surface area contributed by atoms with Crippen LogP contribution in [0.4, 0.5) is 10.1 Å². The molecule has 0 radical (unpaired) electrons. The summed E-state index contributed by atoms with van der Waals surface area (Å²) in [4.78, 5) is 26.4. The van der Waals surface area contributed by atoms with Gasteiger partial charge in [-0.25, -0.2) is 4.39 Å². The van der Waals surface area contributed by atoms with Crippen molar-refractivity contribution < 1.29 is 14.0 Å². The third-order valence-electron chi connectivity index (χ3n) is 3.24. The molecule has 0 unspecified atom stereocenters. The first-order valence-electron chi connectivity index (χ1n) is 7.52. The number of halogens is 1. The minimum atomic E-state index is -0.421. The van der Waals surface area contributed by atoms with E-state index >= 15 is 0 Å². The Kier molecular flexibility index (Phi) is 6.81.